The van der Waals surface area contributed by atoms with Gasteiger partial charge in [-0.15, -0.1) is 0 Å². The number of furan rings is 1. The number of hydrogen-bond acceptors (Lipinski definition) is 4. The minimum absolute atomic E-state index is 0.0958. The fraction of sp³-hybridized carbons (Fsp3) is 0.389. The SMILES string of the molecule is CN(Cc1ccc(-c2ccc(Br)cc2)o1)C(=O)CN1CCOCC1. The van der Waals surface area contributed by atoms with Crippen molar-refractivity contribution in [2.75, 3.05) is 39.9 Å². The van der Waals surface area contributed by atoms with Gasteiger partial charge in [-0.3, -0.25) is 9.69 Å². The Morgan fingerprint density at radius 1 is 1.17 bits per heavy atom. The zero-order valence-corrected chi connectivity index (χ0v) is 15.3. The van der Waals surface area contributed by atoms with Gasteiger partial charge in [0, 0.05) is 30.2 Å². The molecule has 1 aliphatic rings. The molecule has 3 rings (SSSR count). The number of morpholine rings is 1. The predicted molar refractivity (Wildman–Crippen MR) is 95.6 cm³/mol. The molecule has 0 spiro atoms. The maximum atomic E-state index is 12.3. The van der Waals surface area contributed by atoms with Crippen molar-refractivity contribution in [3.05, 3.63) is 46.6 Å². The van der Waals surface area contributed by atoms with Crippen molar-refractivity contribution in [3.63, 3.8) is 0 Å². The van der Waals surface area contributed by atoms with Crippen LogP contribution in [0.5, 0.6) is 0 Å². The van der Waals surface area contributed by atoms with Gasteiger partial charge >= 0.3 is 0 Å². The summed E-state index contributed by atoms with van der Waals surface area (Å²) in [6.07, 6.45) is 0. The molecule has 1 aromatic carbocycles. The molecule has 0 bridgehead atoms. The van der Waals surface area contributed by atoms with E-state index in [1.165, 1.54) is 0 Å². The van der Waals surface area contributed by atoms with Crippen LogP contribution in [0.25, 0.3) is 11.3 Å². The average molecular weight is 393 g/mol. The second kappa shape index (κ2) is 7.96. The van der Waals surface area contributed by atoms with Crippen molar-refractivity contribution in [2.45, 2.75) is 6.54 Å². The van der Waals surface area contributed by atoms with Crippen molar-refractivity contribution in [1.82, 2.24) is 9.80 Å². The molecule has 0 radical (unpaired) electrons. The van der Waals surface area contributed by atoms with Gasteiger partial charge in [0.2, 0.25) is 5.91 Å². The largest absolute Gasteiger partial charge is 0.459 e. The third-order valence-corrected chi connectivity index (χ3v) is 4.60. The van der Waals surface area contributed by atoms with Crippen LogP contribution < -0.4 is 0 Å². The first-order valence-electron chi connectivity index (χ1n) is 8.00. The van der Waals surface area contributed by atoms with Crippen molar-refractivity contribution in [1.29, 1.82) is 0 Å². The van der Waals surface area contributed by atoms with E-state index in [-0.39, 0.29) is 5.91 Å². The van der Waals surface area contributed by atoms with E-state index in [0.717, 1.165) is 34.6 Å². The number of carbonyl (C=O) groups excluding carboxylic acids is 1. The highest BCUT2D eigenvalue weighted by Gasteiger charge is 2.18. The zero-order valence-electron chi connectivity index (χ0n) is 13.7. The standard InChI is InChI=1S/C18H21BrN2O3/c1-20(18(22)13-21-8-10-23-11-9-21)12-16-6-7-17(24-16)14-2-4-15(19)5-3-14/h2-7H,8-13H2,1H3. The molecule has 5 nitrogen and oxygen atoms in total. The number of benzene rings is 1. The van der Waals surface area contributed by atoms with Gasteiger partial charge < -0.3 is 14.1 Å². The van der Waals surface area contributed by atoms with Gasteiger partial charge in [0.25, 0.3) is 0 Å². The van der Waals surface area contributed by atoms with Crippen molar-refractivity contribution in [3.8, 4) is 11.3 Å². The van der Waals surface area contributed by atoms with Gasteiger partial charge in [0.1, 0.15) is 11.5 Å². The van der Waals surface area contributed by atoms with Crippen LogP contribution >= 0.6 is 15.9 Å². The minimum Gasteiger partial charge on any atom is -0.459 e. The maximum absolute atomic E-state index is 12.3. The van der Waals surface area contributed by atoms with Crippen LogP contribution in [0.15, 0.2) is 45.3 Å². The Morgan fingerprint density at radius 3 is 2.58 bits per heavy atom. The molecule has 1 saturated heterocycles. The molecular formula is C18H21BrN2O3. The fourth-order valence-electron chi connectivity index (χ4n) is 2.63. The van der Waals surface area contributed by atoms with E-state index in [1.54, 1.807) is 4.90 Å². The number of rotatable bonds is 5. The van der Waals surface area contributed by atoms with Gasteiger partial charge in [-0.25, -0.2) is 0 Å². The molecule has 6 heteroatoms. The molecule has 1 amide bonds. The molecule has 24 heavy (non-hydrogen) atoms. The number of nitrogens with zero attached hydrogens (tertiary/aromatic N) is 2. The van der Waals surface area contributed by atoms with Gasteiger partial charge in [-0.2, -0.15) is 0 Å². The average Bonchev–Trinajstić information content (AvgIpc) is 3.05. The minimum atomic E-state index is 0.0958. The van der Waals surface area contributed by atoms with E-state index < -0.39 is 0 Å². The van der Waals surface area contributed by atoms with Crippen LogP contribution in [0.1, 0.15) is 5.76 Å². The van der Waals surface area contributed by atoms with E-state index >= 15 is 0 Å². The fourth-order valence-corrected chi connectivity index (χ4v) is 2.89. The second-order valence-corrected chi connectivity index (χ2v) is 6.83. The molecule has 0 aliphatic carbocycles. The Kier molecular flexibility index (Phi) is 5.71. The first kappa shape index (κ1) is 17.2. The van der Waals surface area contributed by atoms with Crippen LogP contribution in [0.2, 0.25) is 0 Å². The highest BCUT2D eigenvalue weighted by molar-refractivity contribution is 9.10. The summed E-state index contributed by atoms with van der Waals surface area (Å²) in [6.45, 7) is 3.93. The Bertz CT molecular complexity index is 678. The maximum Gasteiger partial charge on any atom is 0.236 e. The van der Waals surface area contributed by atoms with Crippen molar-refractivity contribution < 1.29 is 13.9 Å². The van der Waals surface area contributed by atoms with Crippen LogP contribution in [-0.2, 0) is 16.1 Å². The number of likely N-dealkylation sites (N-methyl/N-ethyl adjacent to an activating group) is 1. The highest BCUT2D eigenvalue weighted by Crippen LogP contribution is 2.24. The van der Waals surface area contributed by atoms with Gasteiger partial charge in [0.05, 0.1) is 26.3 Å². The number of amides is 1. The lowest BCUT2D eigenvalue weighted by Crippen LogP contribution is -2.43. The van der Waals surface area contributed by atoms with Crippen LogP contribution in [0.4, 0.5) is 0 Å². The monoisotopic (exact) mass is 392 g/mol. The Balaban J connectivity index is 1.57. The zero-order chi connectivity index (χ0) is 16.9. The predicted octanol–water partition coefficient (Wildman–Crippen LogP) is 3.00. The molecule has 0 saturated carbocycles. The molecule has 0 unspecified atom stereocenters. The van der Waals surface area contributed by atoms with Gasteiger partial charge in [-0.1, -0.05) is 28.1 Å². The van der Waals surface area contributed by atoms with Gasteiger partial charge in [-0.05, 0) is 24.3 Å². The summed E-state index contributed by atoms with van der Waals surface area (Å²) in [5.41, 5.74) is 1.02. The summed E-state index contributed by atoms with van der Waals surface area (Å²) in [6, 6.07) is 11.8. The quantitative estimate of drug-likeness (QED) is 0.784. The molecule has 1 aromatic heterocycles. The number of carbonyl (C=O) groups is 1. The third kappa shape index (κ3) is 4.47. The molecular weight excluding hydrogens is 372 g/mol. The van der Waals surface area contributed by atoms with E-state index in [9.17, 15) is 4.79 Å². The van der Waals surface area contributed by atoms with Gasteiger partial charge in [0.15, 0.2) is 0 Å². The number of halogens is 1. The Hall–Kier alpha value is -1.63. The van der Waals surface area contributed by atoms with Crippen LogP contribution in [0, 0.1) is 0 Å². The molecule has 1 aliphatic heterocycles. The molecule has 0 atom stereocenters. The summed E-state index contributed by atoms with van der Waals surface area (Å²) in [7, 11) is 1.81. The van der Waals surface area contributed by atoms with Crippen LogP contribution in [-0.4, -0.2) is 55.6 Å². The number of hydrogen-bond donors (Lipinski definition) is 0. The first-order valence-corrected chi connectivity index (χ1v) is 8.80. The summed E-state index contributed by atoms with van der Waals surface area (Å²) >= 11 is 3.43. The lowest BCUT2D eigenvalue weighted by Gasteiger charge is -2.27. The third-order valence-electron chi connectivity index (χ3n) is 4.07. The van der Waals surface area contributed by atoms with E-state index in [0.29, 0.717) is 26.3 Å². The molecule has 2 heterocycles. The molecule has 0 N–H and O–H groups in total. The highest BCUT2D eigenvalue weighted by atomic mass is 79.9. The number of ether oxygens (including phenoxy) is 1. The molecule has 1 fully saturated rings. The topological polar surface area (TPSA) is 45.9 Å². The van der Waals surface area contributed by atoms with E-state index in [4.69, 9.17) is 9.15 Å². The summed E-state index contributed by atoms with van der Waals surface area (Å²) in [5, 5.41) is 0. The second-order valence-electron chi connectivity index (χ2n) is 5.91. The van der Waals surface area contributed by atoms with Crippen molar-refractivity contribution in [2.24, 2.45) is 0 Å². The van der Waals surface area contributed by atoms with Crippen molar-refractivity contribution >= 4 is 21.8 Å². The summed E-state index contributed by atoms with van der Waals surface area (Å²) < 4.78 is 12.2. The smallest absolute Gasteiger partial charge is 0.236 e. The molecule has 128 valence electrons. The summed E-state index contributed by atoms with van der Waals surface area (Å²) in [4.78, 5) is 16.2. The summed E-state index contributed by atoms with van der Waals surface area (Å²) in [5.74, 6) is 1.69. The van der Waals surface area contributed by atoms with E-state index in [1.807, 2.05) is 43.4 Å². The first-order chi connectivity index (χ1) is 11.6. The Morgan fingerprint density at radius 2 is 1.88 bits per heavy atom. The molecule has 2 aromatic rings. The normalized spacial score (nSPS) is 15.4. The van der Waals surface area contributed by atoms with Crippen LogP contribution in [0.3, 0.4) is 0 Å². The lowest BCUT2D eigenvalue weighted by atomic mass is 10.2. The Labute approximate surface area is 150 Å². The van der Waals surface area contributed by atoms with E-state index in [2.05, 4.69) is 20.8 Å². The lowest BCUT2D eigenvalue weighted by molar-refractivity contribution is -0.132.